The molecule has 162 valence electrons. The van der Waals surface area contributed by atoms with Gasteiger partial charge in [0.1, 0.15) is 17.5 Å². The summed E-state index contributed by atoms with van der Waals surface area (Å²) >= 11 is 0. The van der Waals surface area contributed by atoms with E-state index in [9.17, 15) is 13.6 Å². The van der Waals surface area contributed by atoms with E-state index in [1.807, 2.05) is 21.1 Å². The summed E-state index contributed by atoms with van der Waals surface area (Å²) in [6, 6.07) is 2.90. The minimum absolute atomic E-state index is 0.0958. The van der Waals surface area contributed by atoms with Gasteiger partial charge in [-0.05, 0) is 32.4 Å². The van der Waals surface area contributed by atoms with Crippen LogP contribution < -0.4 is 15.5 Å². The molecular weight excluding hydrogens is 411 g/mol. The molecular formula is C20H26F2N5O2P. The fraction of sp³-hybridized carbons (Fsp3) is 0.450. The second-order valence-electron chi connectivity index (χ2n) is 7.59. The number of anilines is 1. The first kappa shape index (κ1) is 22.3. The van der Waals surface area contributed by atoms with Crippen molar-refractivity contribution < 1.29 is 18.3 Å². The molecule has 1 amide bonds. The van der Waals surface area contributed by atoms with Crippen molar-refractivity contribution in [3.8, 4) is 0 Å². The first-order valence-electron chi connectivity index (χ1n) is 9.61. The summed E-state index contributed by atoms with van der Waals surface area (Å²) in [6.07, 6.45) is -0.871. The number of aliphatic imine (C=N–C) groups is 1. The van der Waals surface area contributed by atoms with Gasteiger partial charge in [0, 0.05) is 43.5 Å². The molecule has 3 heterocycles. The number of rotatable bonds is 4. The number of halogens is 2. The molecule has 4 atom stereocenters. The molecule has 30 heavy (non-hydrogen) atoms. The molecule has 2 unspecified atom stereocenters. The van der Waals surface area contributed by atoms with E-state index in [1.54, 1.807) is 6.92 Å². The van der Waals surface area contributed by atoms with Crippen LogP contribution >= 0.6 is 9.24 Å². The highest BCUT2D eigenvalue weighted by Crippen LogP contribution is 2.37. The summed E-state index contributed by atoms with van der Waals surface area (Å²) in [5.74, 6) is 0.125. The van der Waals surface area contributed by atoms with Crippen LogP contribution in [-0.4, -0.2) is 54.1 Å². The number of hydrogen-bond donors (Lipinski definition) is 2. The lowest BCUT2D eigenvalue weighted by Gasteiger charge is -2.35. The van der Waals surface area contributed by atoms with E-state index in [2.05, 4.69) is 27.2 Å². The van der Waals surface area contributed by atoms with Crippen molar-refractivity contribution in [2.75, 3.05) is 24.5 Å². The fourth-order valence-electron chi connectivity index (χ4n) is 3.56. The second-order valence-corrected chi connectivity index (χ2v) is 8.72. The number of carbonyl (C=O) groups is 1. The van der Waals surface area contributed by atoms with Crippen LogP contribution in [0.2, 0.25) is 0 Å². The second kappa shape index (κ2) is 8.78. The fourth-order valence-corrected chi connectivity index (χ4v) is 3.80. The first-order chi connectivity index (χ1) is 14.1. The topological polar surface area (TPSA) is 78.8 Å². The Balaban J connectivity index is 2.12. The number of nitrogens with one attached hydrogen (secondary N) is 2. The van der Waals surface area contributed by atoms with Crippen molar-refractivity contribution in [1.82, 2.24) is 15.6 Å². The third-order valence-corrected chi connectivity index (χ3v) is 5.26. The molecule has 2 fully saturated rings. The summed E-state index contributed by atoms with van der Waals surface area (Å²) in [5, 5.41) is 3.81. The molecule has 0 bridgehead atoms. The number of carbonyl (C=O) groups excluding carboxylic acids is 1. The Bertz CT molecular complexity index is 913. The summed E-state index contributed by atoms with van der Waals surface area (Å²) in [5.41, 5.74) is 1.02. The monoisotopic (exact) mass is 437 g/mol. The highest BCUT2D eigenvalue weighted by Gasteiger charge is 2.43. The Morgan fingerprint density at radius 1 is 1.53 bits per heavy atom. The Kier molecular flexibility index (Phi) is 6.53. The molecule has 2 aliphatic heterocycles. The van der Waals surface area contributed by atoms with Gasteiger partial charge in [-0.2, -0.15) is 0 Å². The molecule has 7 nitrogen and oxygen atoms in total. The van der Waals surface area contributed by atoms with Crippen molar-refractivity contribution in [3.63, 3.8) is 0 Å². The van der Waals surface area contributed by atoms with E-state index in [0.29, 0.717) is 30.2 Å². The lowest BCUT2D eigenvalue weighted by atomic mass is 9.95. The quantitative estimate of drug-likeness (QED) is 0.708. The van der Waals surface area contributed by atoms with Crippen molar-refractivity contribution in [3.05, 3.63) is 42.0 Å². The van der Waals surface area contributed by atoms with Crippen LogP contribution in [0, 0.1) is 5.82 Å². The highest BCUT2D eigenvalue weighted by molar-refractivity contribution is 7.18. The smallest absolute Gasteiger partial charge is 0.413 e. The number of ether oxygens (including phenoxy) is 1. The maximum Gasteiger partial charge on any atom is 0.413 e. The van der Waals surface area contributed by atoms with Crippen LogP contribution in [0.25, 0.3) is 5.57 Å². The van der Waals surface area contributed by atoms with Crippen molar-refractivity contribution >= 4 is 32.6 Å². The summed E-state index contributed by atoms with van der Waals surface area (Å²) in [6.45, 7) is 10.7. The molecule has 1 aromatic heterocycles. The normalized spacial score (nSPS) is 27.2. The van der Waals surface area contributed by atoms with Crippen molar-refractivity contribution in [1.29, 1.82) is 0 Å². The van der Waals surface area contributed by atoms with Gasteiger partial charge in [0.25, 0.3) is 0 Å². The predicted molar refractivity (Wildman–Crippen MR) is 117 cm³/mol. The molecule has 0 saturated carbocycles. The van der Waals surface area contributed by atoms with E-state index in [4.69, 9.17) is 4.74 Å². The van der Waals surface area contributed by atoms with Gasteiger partial charge in [-0.1, -0.05) is 15.8 Å². The highest BCUT2D eigenvalue weighted by atomic mass is 31.0. The molecule has 2 N–H and O–H groups in total. The molecule has 0 radical (unpaired) electrons. The average molecular weight is 437 g/mol. The van der Waals surface area contributed by atoms with Gasteiger partial charge in [0.05, 0.1) is 5.69 Å². The number of allylic oxidation sites excluding steroid dienone is 1. The summed E-state index contributed by atoms with van der Waals surface area (Å²) in [7, 11) is 2.03. The number of amides is 1. The van der Waals surface area contributed by atoms with Gasteiger partial charge in [-0.25, -0.2) is 23.6 Å². The van der Waals surface area contributed by atoms with Crippen molar-refractivity contribution in [2.45, 2.75) is 38.3 Å². The maximum absolute atomic E-state index is 14.9. The number of pyridine rings is 1. The molecule has 3 rings (SSSR count). The number of aromatic nitrogens is 1. The van der Waals surface area contributed by atoms with Gasteiger partial charge >= 0.3 is 6.09 Å². The lowest BCUT2D eigenvalue weighted by molar-refractivity contribution is 0.0572. The standard InChI is InChI=1S/C20H26F2N5O2P/c1-5-23-18-16(17(20(4,22)30)29-19(28)26-18)12(3)14-8-13(21)9-15(25-14)27-7-6-24-11(2)10-27/h5,8-9,11,17,24H,1,6-7,10,30H2,2-4H3,(H,23,26,28)/b16-12+/t11-,17+,20?/m0/s1. The maximum atomic E-state index is 14.9. The third-order valence-electron chi connectivity index (χ3n) is 4.95. The van der Waals surface area contributed by atoms with Gasteiger partial charge < -0.3 is 15.0 Å². The predicted octanol–water partition coefficient (Wildman–Crippen LogP) is 3.00. The summed E-state index contributed by atoms with van der Waals surface area (Å²) < 4.78 is 34.6. The zero-order valence-electron chi connectivity index (χ0n) is 17.2. The van der Waals surface area contributed by atoms with E-state index in [0.717, 1.165) is 6.54 Å². The Labute approximate surface area is 176 Å². The Hall–Kier alpha value is -2.38. The van der Waals surface area contributed by atoms with Gasteiger partial charge in [-0.3, -0.25) is 5.32 Å². The third kappa shape index (κ3) is 4.84. The molecule has 0 aromatic carbocycles. The number of cyclic esters (lactones) is 1. The number of hydrogen-bond acceptors (Lipinski definition) is 6. The van der Waals surface area contributed by atoms with Gasteiger partial charge in [0.2, 0.25) is 0 Å². The van der Waals surface area contributed by atoms with Crippen LogP contribution in [0.15, 0.2) is 35.5 Å². The average Bonchev–Trinajstić information content (AvgIpc) is 2.66. The van der Waals surface area contributed by atoms with E-state index < -0.39 is 23.4 Å². The lowest BCUT2D eigenvalue weighted by Crippen LogP contribution is -2.50. The summed E-state index contributed by atoms with van der Waals surface area (Å²) in [4.78, 5) is 22.6. The number of piperazine rings is 1. The zero-order valence-corrected chi connectivity index (χ0v) is 18.4. The van der Waals surface area contributed by atoms with E-state index in [1.165, 1.54) is 25.3 Å². The zero-order chi connectivity index (χ0) is 22.1. The Morgan fingerprint density at radius 2 is 2.27 bits per heavy atom. The molecule has 0 spiro atoms. The molecule has 2 saturated heterocycles. The minimum atomic E-state index is -1.99. The van der Waals surface area contributed by atoms with Crippen LogP contribution in [-0.2, 0) is 4.74 Å². The Morgan fingerprint density at radius 3 is 2.90 bits per heavy atom. The van der Waals surface area contributed by atoms with Crippen LogP contribution in [0.3, 0.4) is 0 Å². The van der Waals surface area contributed by atoms with Crippen LogP contribution in [0.5, 0.6) is 0 Å². The van der Waals surface area contributed by atoms with Gasteiger partial charge in [0.15, 0.2) is 11.5 Å². The molecule has 1 aromatic rings. The number of amidine groups is 1. The SMILES string of the molecule is C=CN=C1NC(=O)O[C@@H](C(C)(F)P)/C1=C(/C)c1cc(F)cc(N2CCN[C@@H](C)C2)n1. The molecule has 2 aliphatic rings. The van der Waals surface area contributed by atoms with E-state index in [-0.39, 0.29) is 17.5 Å². The van der Waals surface area contributed by atoms with E-state index >= 15 is 0 Å². The van der Waals surface area contributed by atoms with Crippen LogP contribution in [0.4, 0.5) is 19.4 Å². The first-order valence-corrected chi connectivity index (χ1v) is 10.2. The number of nitrogens with zero attached hydrogens (tertiary/aromatic N) is 3. The van der Waals surface area contributed by atoms with Crippen LogP contribution in [0.1, 0.15) is 26.5 Å². The van der Waals surface area contributed by atoms with Crippen molar-refractivity contribution in [2.24, 2.45) is 4.99 Å². The van der Waals surface area contributed by atoms with Gasteiger partial charge in [-0.15, -0.1) is 0 Å². The minimum Gasteiger partial charge on any atom is -0.437 e. The molecule has 0 aliphatic carbocycles. The number of alkyl halides is 1. The molecule has 10 heteroatoms. The largest absolute Gasteiger partial charge is 0.437 e. The number of alkyl carbamates (subject to hydrolysis) is 1.